The Morgan fingerprint density at radius 3 is 3.04 bits per heavy atom. The summed E-state index contributed by atoms with van der Waals surface area (Å²) in [5.74, 6) is 0.418. The quantitative estimate of drug-likeness (QED) is 0.719. The molecule has 2 aromatic carbocycles. The molecule has 0 saturated carbocycles. The summed E-state index contributed by atoms with van der Waals surface area (Å²) in [4.78, 5) is 9.97. The fourth-order valence-corrected chi connectivity index (χ4v) is 4.03. The third kappa shape index (κ3) is 2.68. The van der Waals surface area contributed by atoms with Crippen molar-refractivity contribution in [2.45, 2.75) is 18.9 Å². The number of aryl methyl sites for hydroxylation is 1. The number of H-pyrrole nitrogens is 1. The minimum absolute atomic E-state index is 0.0769. The Kier molecular flexibility index (Phi) is 4.24. The van der Waals surface area contributed by atoms with E-state index in [1.807, 2.05) is 19.2 Å². The van der Waals surface area contributed by atoms with E-state index in [1.54, 1.807) is 11.4 Å². The fourth-order valence-electron chi connectivity index (χ4n) is 3.58. The van der Waals surface area contributed by atoms with E-state index < -0.39 is 5.82 Å². The summed E-state index contributed by atoms with van der Waals surface area (Å²) in [5, 5.41) is 1.72. The molecule has 1 atom stereocenters. The van der Waals surface area contributed by atoms with Crippen molar-refractivity contribution in [2.24, 2.45) is 0 Å². The number of benzene rings is 2. The van der Waals surface area contributed by atoms with Crippen LogP contribution in [-0.2, 0) is 17.7 Å². The summed E-state index contributed by atoms with van der Waals surface area (Å²) in [7, 11) is 3.43. The van der Waals surface area contributed by atoms with Gasteiger partial charge in [0.2, 0.25) is 0 Å². The van der Waals surface area contributed by atoms with Gasteiger partial charge in [0.25, 0.3) is 0 Å². The van der Waals surface area contributed by atoms with Gasteiger partial charge in [0.05, 0.1) is 41.1 Å². The van der Waals surface area contributed by atoms with E-state index in [-0.39, 0.29) is 11.8 Å². The molecule has 0 aliphatic carbocycles. The molecule has 3 aromatic rings. The number of aromatic nitrogens is 2. The predicted octanol–water partition coefficient (Wildman–Crippen LogP) is 3.14. The van der Waals surface area contributed by atoms with Crippen molar-refractivity contribution in [1.82, 2.24) is 9.97 Å². The highest BCUT2D eigenvalue weighted by molar-refractivity contribution is 7.65. The number of para-hydroxylation sites is 1. The summed E-state index contributed by atoms with van der Waals surface area (Å²) >= 11 is 0.502. The summed E-state index contributed by atoms with van der Waals surface area (Å²) in [6.07, 6.45) is 1.81. The van der Waals surface area contributed by atoms with Gasteiger partial charge in [-0.1, -0.05) is 12.1 Å². The van der Waals surface area contributed by atoms with Crippen LogP contribution in [0.3, 0.4) is 0 Å². The number of anilines is 1. The van der Waals surface area contributed by atoms with Crippen LogP contribution in [0, 0.1) is 5.82 Å². The largest absolute Gasteiger partial charge is 0.494 e. The molecule has 1 aromatic heterocycles. The summed E-state index contributed by atoms with van der Waals surface area (Å²) in [5.41, 5.74) is 4.48. The van der Waals surface area contributed by atoms with Gasteiger partial charge in [-0.05, 0) is 24.5 Å². The maximum absolute atomic E-state index is 14.0. The van der Waals surface area contributed by atoms with Crippen LogP contribution in [0.25, 0.3) is 22.4 Å². The number of aromatic amines is 1. The number of nitrogens with zero attached hydrogens (tertiary/aromatic N) is 2. The Bertz CT molecular complexity index is 1040. The van der Waals surface area contributed by atoms with E-state index in [0.717, 1.165) is 24.1 Å². The zero-order valence-corrected chi connectivity index (χ0v) is 15.3. The van der Waals surface area contributed by atoms with Crippen LogP contribution in [0.2, 0.25) is 0 Å². The summed E-state index contributed by atoms with van der Waals surface area (Å²) in [6.45, 7) is 0. The van der Waals surface area contributed by atoms with E-state index in [4.69, 9.17) is 4.74 Å². The number of hydrogen-bond acceptors (Lipinski definition) is 4. The summed E-state index contributed by atoms with van der Waals surface area (Å²) in [6, 6.07) is 9.16. The second-order valence-corrected chi connectivity index (χ2v) is 6.82. The standard InChI is InChI=1S/C19H18FN3O2S/c1-23-12(10-26-24)7-6-11-4-3-5-13(18(11)23)19-21-15-8-14(20)17(25-2)9-16(15)22-19/h3-5,8-10,12H,6-7H2,1-2H3,(H,21,22). The molecule has 134 valence electrons. The van der Waals surface area contributed by atoms with Crippen molar-refractivity contribution in [1.29, 1.82) is 0 Å². The van der Waals surface area contributed by atoms with Crippen LogP contribution in [-0.4, -0.2) is 39.7 Å². The monoisotopic (exact) mass is 371 g/mol. The minimum Gasteiger partial charge on any atom is -0.494 e. The lowest BCUT2D eigenvalue weighted by atomic mass is 9.94. The smallest absolute Gasteiger partial charge is 0.167 e. The Morgan fingerprint density at radius 1 is 1.42 bits per heavy atom. The lowest BCUT2D eigenvalue weighted by Gasteiger charge is -2.35. The molecule has 0 saturated heterocycles. The van der Waals surface area contributed by atoms with Gasteiger partial charge < -0.3 is 14.6 Å². The van der Waals surface area contributed by atoms with E-state index >= 15 is 0 Å². The van der Waals surface area contributed by atoms with Gasteiger partial charge >= 0.3 is 0 Å². The predicted molar refractivity (Wildman–Crippen MR) is 103 cm³/mol. The van der Waals surface area contributed by atoms with Gasteiger partial charge in [0.15, 0.2) is 11.6 Å². The number of nitrogens with one attached hydrogen (secondary N) is 1. The molecule has 1 aliphatic rings. The van der Waals surface area contributed by atoms with E-state index in [1.165, 1.54) is 18.7 Å². The first-order chi connectivity index (χ1) is 12.6. The van der Waals surface area contributed by atoms with Gasteiger partial charge in [-0.15, -0.1) is 0 Å². The molecule has 1 N–H and O–H groups in total. The molecule has 1 unspecified atom stereocenters. The highest BCUT2D eigenvalue weighted by Crippen LogP contribution is 2.38. The Labute approximate surface area is 153 Å². The molecular formula is C19H18FN3O2S. The van der Waals surface area contributed by atoms with Gasteiger partial charge in [-0.25, -0.2) is 13.6 Å². The van der Waals surface area contributed by atoms with Crippen LogP contribution in [0.15, 0.2) is 30.3 Å². The minimum atomic E-state index is -0.426. The molecule has 0 fully saturated rings. The fraction of sp³-hybridized carbons (Fsp3) is 0.263. The van der Waals surface area contributed by atoms with Crippen molar-refractivity contribution in [3.63, 3.8) is 0 Å². The molecule has 0 bridgehead atoms. The Morgan fingerprint density at radius 2 is 2.27 bits per heavy atom. The number of fused-ring (bicyclic) bond motifs is 2. The third-order valence-corrected chi connectivity index (χ3v) is 5.33. The first-order valence-electron chi connectivity index (χ1n) is 8.32. The number of imidazole rings is 1. The molecular weight excluding hydrogens is 353 g/mol. The van der Waals surface area contributed by atoms with Crippen molar-refractivity contribution >= 4 is 33.3 Å². The van der Waals surface area contributed by atoms with E-state index in [0.29, 0.717) is 28.1 Å². The molecule has 0 amide bonds. The van der Waals surface area contributed by atoms with E-state index in [2.05, 4.69) is 20.9 Å². The Balaban J connectivity index is 1.87. The number of halogens is 1. The zero-order valence-electron chi connectivity index (χ0n) is 14.5. The van der Waals surface area contributed by atoms with Gasteiger partial charge in [-0.2, -0.15) is 0 Å². The maximum atomic E-state index is 14.0. The van der Waals surface area contributed by atoms with Gasteiger partial charge in [-0.3, -0.25) is 0 Å². The number of rotatable bonds is 3. The van der Waals surface area contributed by atoms with Crippen molar-refractivity contribution < 1.29 is 13.3 Å². The topological polar surface area (TPSA) is 58.2 Å². The molecule has 1 aliphatic heterocycles. The van der Waals surface area contributed by atoms with Crippen LogP contribution < -0.4 is 9.64 Å². The maximum Gasteiger partial charge on any atom is 0.167 e. The molecule has 26 heavy (non-hydrogen) atoms. The molecule has 4 rings (SSSR count). The van der Waals surface area contributed by atoms with Crippen LogP contribution in [0.1, 0.15) is 12.0 Å². The second-order valence-electron chi connectivity index (χ2n) is 6.35. The van der Waals surface area contributed by atoms with Gasteiger partial charge in [0.1, 0.15) is 5.82 Å². The molecule has 0 radical (unpaired) electrons. The highest BCUT2D eigenvalue weighted by atomic mass is 32.1. The van der Waals surface area contributed by atoms with Crippen LogP contribution in [0.5, 0.6) is 5.75 Å². The van der Waals surface area contributed by atoms with Gasteiger partial charge in [0, 0.05) is 30.1 Å². The average Bonchev–Trinajstić information content (AvgIpc) is 3.05. The Hall–Kier alpha value is -2.67. The highest BCUT2D eigenvalue weighted by Gasteiger charge is 2.26. The molecule has 7 heteroatoms. The van der Waals surface area contributed by atoms with Crippen LogP contribution in [0.4, 0.5) is 10.1 Å². The van der Waals surface area contributed by atoms with Crippen molar-refractivity contribution in [3.05, 3.63) is 41.7 Å². The average molecular weight is 371 g/mol. The van der Waals surface area contributed by atoms with Crippen molar-refractivity contribution in [2.75, 3.05) is 19.1 Å². The second kappa shape index (κ2) is 6.57. The zero-order chi connectivity index (χ0) is 18.3. The first kappa shape index (κ1) is 16.8. The van der Waals surface area contributed by atoms with Crippen molar-refractivity contribution in [3.8, 4) is 17.1 Å². The lowest BCUT2D eigenvalue weighted by molar-refractivity contribution is 0.387. The number of ether oxygens (including phenoxy) is 1. The summed E-state index contributed by atoms with van der Waals surface area (Å²) < 4.78 is 30.0. The molecule has 5 nitrogen and oxygen atoms in total. The normalized spacial score (nSPS) is 16.4. The molecule has 2 heterocycles. The third-order valence-electron chi connectivity index (χ3n) is 4.90. The SMILES string of the molecule is COc1cc2nc(-c3cccc4c3N(C)C(C=S=O)CC4)[nH]c2cc1F. The first-order valence-corrected chi connectivity index (χ1v) is 9.13. The van der Waals surface area contributed by atoms with E-state index in [9.17, 15) is 8.60 Å². The van der Waals surface area contributed by atoms with Crippen LogP contribution >= 0.6 is 0 Å². The molecule has 0 spiro atoms. The number of hydrogen-bond donors (Lipinski definition) is 1. The lowest BCUT2D eigenvalue weighted by Crippen LogP contribution is -2.37. The number of methoxy groups -OCH3 is 1.